The summed E-state index contributed by atoms with van der Waals surface area (Å²) < 4.78 is 11.5. The zero-order valence-corrected chi connectivity index (χ0v) is 15.3. The van der Waals surface area contributed by atoms with E-state index in [0.29, 0.717) is 11.5 Å². The van der Waals surface area contributed by atoms with Gasteiger partial charge < -0.3 is 14.8 Å². The molecule has 0 spiro atoms. The van der Waals surface area contributed by atoms with Crippen LogP contribution < -0.4 is 10.1 Å². The maximum atomic E-state index is 13.0. The fourth-order valence-corrected chi connectivity index (χ4v) is 3.85. The first-order valence-corrected chi connectivity index (χ1v) is 9.50. The van der Waals surface area contributed by atoms with Crippen LogP contribution in [-0.4, -0.2) is 24.0 Å². The number of ether oxygens (including phenoxy) is 2. The molecule has 0 bridgehead atoms. The van der Waals surface area contributed by atoms with Crippen molar-refractivity contribution in [3.8, 4) is 11.5 Å². The second-order valence-corrected chi connectivity index (χ2v) is 7.18. The van der Waals surface area contributed by atoms with E-state index in [4.69, 9.17) is 9.47 Å². The fourth-order valence-electron chi connectivity index (χ4n) is 3.85. The molecule has 1 fully saturated rings. The first-order chi connectivity index (χ1) is 13.1. The summed E-state index contributed by atoms with van der Waals surface area (Å²) in [6.07, 6.45) is 3.42. The van der Waals surface area contributed by atoms with Gasteiger partial charge in [-0.3, -0.25) is 9.59 Å². The molecule has 1 atom stereocenters. The summed E-state index contributed by atoms with van der Waals surface area (Å²) >= 11 is 0. The van der Waals surface area contributed by atoms with Gasteiger partial charge in [-0.15, -0.1) is 0 Å². The maximum Gasteiger partial charge on any atom is 0.318 e. The highest BCUT2D eigenvalue weighted by atomic mass is 16.5. The maximum absolute atomic E-state index is 13.0. The third-order valence-electron chi connectivity index (χ3n) is 5.28. The molecule has 2 aromatic carbocycles. The Labute approximate surface area is 158 Å². The van der Waals surface area contributed by atoms with Gasteiger partial charge in [0.25, 0.3) is 5.91 Å². The number of esters is 1. The van der Waals surface area contributed by atoms with Crippen LogP contribution >= 0.6 is 0 Å². The molecule has 4 rings (SSSR count). The summed E-state index contributed by atoms with van der Waals surface area (Å²) in [5.74, 6) is 0.00597. The van der Waals surface area contributed by atoms with Crippen molar-refractivity contribution in [2.75, 3.05) is 0 Å². The number of rotatable bonds is 4. The standard InChI is InChI=1S/C22H23NO4/c1-14(21(24)23-15-8-2-3-9-15)26-22(25)20-16-10-4-6-12-18(16)27-19-13-7-5-11-17(19)20/h4-7,10-15,20H,2-3,8-9H2,1H3,(H,23,24)/t14-/m0/s1. The Morgan fingerprint density at radius 2 is 1.56 bits per heavy atom. The molecule has 1 amide bonds. The normalized spacial score (nSPS) is 17.4. The van der Waals surface area contributed by atoms with Crippen LogP contribution in [0.3, 0.4) is 0 Å². The van der Waals surface area contributed by atoms with Crippen LogP contribution in [-0.2, 0) is 14.3 Å². The van der Waals surface area contributed by atoms with Crippen LogP contribution in [0.2, 0.25) is 0 Å². The average molecular weight is 365 g/mol. The monoisotopic (exact) mass is 365 g/mol. The molecule has 140 valence electrons. The summed E-state index contributed by atoms with van der Waals surface area (Å²) in [6, 6.07) is 15.1. The number of fused-ring (bicyclic) bond motifs is 2. The quantitative estimate of drug-likeness (QED) is 0.834. The Morgan fingerprint density at radius 3 is 2.15 bits per heavy atom. The molecular formula is C22H23NO4. The Hall–Kier alpha value is -2.82. The van der Waals surface area contributed by atoms with E-state index in [9.17, 15) is 9.59 Å². The topological polar surface area (TPSA) is 64.6 Å². The number of carbonyl (C=O) groups is 2. The molecule has 1 aliphatic carbocycles. The van der Waals surface area contributed by atoms with Gasteiger partial charge in [-0.25, -0.2) is 0 Å². The minimum atomic E-state index is -0.833. The highest BCUT2D eigenvalue weighted by molar-refractivity contribution is 5.89. The van der Waals surface area contributed by atoms with Crippen LogP contribution in [0.5, 0.6) is 11.5 Å². The van der Waals surface area contributed by atoms with Crippen LogP contribution in [0, 0.1) is 0 Å². The summed E-state index contributed by atoms with van der Waals surface area (Å²) in [4.78, 5) is 25.4. The number of carbonyl (C=O) groups excluding carboxylic acids is 2. The molecule has 0 unspecified atom stereocenters. The summed E-state index contributed by atoms with van der Waals surface area (Å²) in [7, 11) is 0. The molecular weight excluding hydrogens is 342 g/mol. The van der Waals surface area contributed by atoms with Crippen molar-refractivity contribution in [2.45, 2.75) is 50.7 Å². The summed E-state index contributed by atoms with van der Waals surface area (Å²) in [5.41, 5.74) is 1.51. The molecule has 5 nitrogen and oxygen atoms in total. The molecule has 0 saturated heterocycles. The third kappa shape index (κ3) is 3.54. The molecule has 27 heavy (non-hydrogen) atoms. The molecule has 1 aliphatic heterocycles. The largest absolute Gasteiger partial charge is 0.457 e. The summed E-state index contributed by atoms with van der Waals surface area (Å²) in [6.45, 7) is 1.62. The molecule has 2 aromatic rings. The number of benzene rings is 2. The number of hydrogen-bond acceptors (Lipinski definition) is 4. The van der Waals surface area contributed by atoms with E-state index in [1.165, 1.54) is 0 Å². The lowest BCUT2D eigenvalue weighted by molar-refractivity contribution is -0.155. The van der Waals surface area contributed by atoms with Crippen LogP contribution in [0.15, 0.2) is 48.5 Å². The minimum Gasteiger partial charge on any atom is -0.457 e. The second-order valence-electron chi connectivity index (χ2n) is 7.18. The van der Waals surface area contributed by atoms with Gasteiger partial charge >= 0.3 is 5.97 Å². The number of hydrogen-bond donors (Lipinski definition) is 1. The molecule has 0 aromatic heterocycles. The lowest BCUT2D eigenvalue weighted by atomic mass is 9.88. The van der Waals surface area contributed by atoms with E-state index in [-0.39, 0.29) is 11.9 Å². The van der Waals surface area contributed by atoms with Gasteiger partial charge in [-0.1, -0.05) is 49.2 Å². The number of nitrogens with one attached hydrogen (secondary N) is 1. The number of para-hydroxylation sites is 2. The Bertz CT molecular complexity index is 811. The zero-order valence-electron chi connectivity index (χ0n) is 15.3. The Morgan fingerprint density at radius 1 is 1.00 bits per heavy atom. The van der Waals surface area contributed by atoms with Crippen molar-refractivity contribution in [3.05, 3.63) is 59.7 Å². The molecule has 1 heterocycles. The first-order valence-electron chi connectivity index (χ1n) is 9.50. The smallest absolute Gasteiger partial charge is 0.318 e. The average Bonchev–Trinajstić information content (AvgIpc) is 3.18. The van der Waals surface area contributed by atoms with Crippen molar-refractivity contribution in [1.29, 1.82) is 0 Å². The lowest BCUT2D eigenvalue weighted by Crippen LogP contribution is -2.41. The molecule has 2 aliphatic rings. The van der Waals surface area contributed by atoms with Crippen molar-refractivity contribution >= 4 is 11.9 Å². The predicted molar refractivity (Wildman–Crippen MR) is 101 cm³/mol. The van der Waals surface area contributed by atoms with E-state index < -0.39 is 18.0 Å². The summed E-state index contributed by atoms with van der Waals surface area (Å²) in [5, 5.41) is 2.98. The van der Waals surface area contributed by atoms with E-state index >= 15 is 0 Å². The second kappa shape index (κ2) is 7.43. The lowest BCUT2D eigenvalue weighted by Gasteiger charge is -2.27. The van der Waals surface area contributed by atoms with Gasteiger partial charge in [0.05, 0.1) is 0 Å². The van der Waals surface area contributed by atoms with Gasteiger partial charge in [-0.2, -0.15) is 0 Å². The Kier molecular flexibility index (Phi) is 4.84. The fraction of sp³-hybridized carbons (Fsp3) is 0.364. The first kappa shape index (κ1) is 17.6. The predicted octanol–water partition coefficient (Wildman–Crippen LogP) is 3.91. The zero-order chi connectivity index (χ0) is 18.8. The third-order valence-corrected chi connectivity index (χ3v) is 5.28. The Balaban J connectivity index is 1.53. The number of amides is 1. The van der Waals surface area contributed by atoms with Crippen LogP contribution in [0.25, 0.3) is 0 Å². The van der Waals surface area contributed by atoms with Gasteiger partial charge in [0, 0.05) is 17.2 Å². The van der Waals surface area contributed by atoms with Crippen molar-refractivity contribution in [1.82, 2.24) is 5.32 Å². The van der Waals surface area contributed by atoms with Crippen LogP contribution in [0.4, 0.5) is 0 Å². The van der Waals surface area contributed by atoms with Crippen molar-refractivity contribution in [3.63, 3.8) is 0 Å². The SMILES string of the molecule is C[C@H](OC(=O)C1c2ccccc2Oc2ccccc21)C(=O)NC1CCCC1. The molecule has 1 saturated carbocycles. The highest BCUT2D eigenvalue weighted by Gasteiger charge is 2.35. The van der Waals surface area contributed by atoms with E-state index in [0.717, 1.165) is 36.8 Å². The van der Waals surface area contributed by atoms with Gasteiger partial charge in [0.1, 0.15) is 17.4 Å². The molecule has 5 heteroatoms. The molecule has 1 N–H and O–H groups in total. The van der Waals surface area contributed by atoms with E-state index in [1.807, 2.05) is 48.5 Å². The van der Waals surface area contributed by atoms with Gasteiger partial charge in [0.15, 0.2) is 6.10 Å². The van der Waals surface area contributed by atoms with Crippen LogP contribution in [0.1, 0.15) is 49.7 Å². The van der Waals surface area contributed by atoms with Gasteiger partial charge in [0.2, 0.25) is 0 Å². The van der Waals surface area contributed by atoms with Crippen molar-refractivity contribution in [2.24, 2.45) is 0 Å². The minimum absolute atomic E-state index is 0.197. The van der Waals surface area contributed by atoms with Crippen molar-refractivity contribution < 1.29 is 19.1 Å². The van der Waals surface area contributed by atoms with Gasteiger partial charge in [-0.05, 0) is 31.9 Å². The molecule has 0 radical (unpaired) electrons. The highest BCUT2D eigenvalue weighted by Crippen LogP contribution is 2.44. The van der Waals surface area contributed by atoms with E-state index in [1.54, 1.807) is 6.92 Å². The van der Waals surface area contributed by atoms with E-state index in [2.05, 4.69) is 5.32 Å².